The highest BCUT2D eigenvalue weighted by atomic mass is 19.4. The minimum atomic E-state index is -4.69. The van der Waals surface area contributed by atoms with Crippen molar-refractivity contribution in [2.75, 3.05) is 0 Å². The minimum Gasteiger partial charge on any atom is -0.478 e. The summed E-state index contributed by atoms with van der Waals surface area (Å²) in [5.74, 6) is -1.61. The first kappa shape index (κ1) is 13.1. The molecule has 1 N–H and O–H groups in total. The number of hydrogen-bond acceptors (Lipinski definition) is 2. The Kier molecular flexibility index (Phi) is 3.25. The van der Waals surface area contributed by atoms with Gasteiger partial charge in [0.15, 0.2) is 0 Å². The molecule has 1 aromatic carbocycles. The second-order valence-electron chi connectivity index (χ2n) is 3.80. The van der Waals surface area contributed by atoms with Gasteiger partial charge in [-0.15, -0.1) is 0 Å². The summed E-state index contributed by atoms with van der Waals surface area (Å²) in [6, 6.07) is 6.22. The van der Waals surface area contributed by atoms with Crippen molar-refractivity contribution in [3.8, 4) is 11.1 Å². The van der Waals surface area contributed by atoms with E-state index in [1.54, 1.807) is 12.1 Å². The molecule has 0 aliphatic heterocycles. The van der Waals surface area contributed by atoms with E-state index in [9.17, 15) is 18.0 Å². The highest BCUT2D eigenvalue weighted by Gasteiger charge is 2.35. The van der Waals surface area contributed by atoms with E-state index in [1.165, 1.54) is 18.5 Å². The van der Waals surface area contributed by atoms with Gasteiger partial charge < -0.3 is 5.11 Å². The van der Waals surface area contributed by atoms with Gasteiger partial charge in [0.25, 0.3) is 0 Å². The number of carbonyl (C=O) groups is 1. The number of carboxylic acids is 1. The fraction of sp³-hybridized carbons (Fsp3) is 0.0769. The van der Waals surface area contributed by atoms with Crippen LogP contribution in [0.2, 0.25) is 0 Å². The summed E-state index contributed by atoms with van der Waals surface area (Å²) in [5, 5.41) is 8.89. The van der Waals surface area contributed by atoms with E-state index in [4.69, 9.17) is 5.11 Å². The van der Waals surface area contributed by atoms with Gasteiger partial charge in [0.1, 0.15) is 0 Å². The van der Waals surface area contributed by atoms with Crippen LogP contribution in [-0.4, -0.2) is 16.1 Å². The Morgan fingerprint density at radius 3 is 2.21 bits per heavy atom. The molecular formula is C13H8F3NO2. The average Bonchev–Trinajstić information content (AvgIpc) is 2.38. The number of aromatic carboxylic acids is 1. The molecule has 0 aliphatic rings. The third-order valence-electron chi connectivity index (χ3n) is 2.57. The zero-order valence-corrected chi connectivity index (χ0v) is 9.48. The van der Waals surface area contributed by atoms with E-state index in [-0.39, 0.29) is 0 Å². The van der Waals surface area contributed by atoms with Gasteiger partial charge in [-0.05, 0) is 35.4 Å². The van der Waals surface area contributed by atoms with E-state index in [0.717, 1.165) is 12.1 Å². The fourth-order valence-electron chi connectivity index (χ4n) is 1.69. The third kappa shape index (κ3) is 2.73. The van der Waals surface area contributed by atoms with Gasteiger partial charge >= 0.3 is 12.1 Å². The molecule has 0 radical (unpaired) electrons. The minimum absolute atomic E-state index is 0.396. The van der Waals surface area contributed by atoms with Crippen LogP contribution in [0.15, 0.2) is 42.7 Å². The number of carboxylic acid groups (broad SMARTS) is 1. The maximum atomic E-state index is 12.7. The molecule has 0 fully saturated rings. The first-order valence-corrected chi connectivity index (χ1v) is 5.24. The number of alkyl halides is 3. The van der Waals surface area contributed by atoms with Crippen LogP contribution in [0.3, 0.4) is 0 Å². The maximum Gasteiger partial charge on any atom is 0.417 e. The lowest BCUT2D eigenvalue weighted by Gasteiger charge is -2.11. The molecule has 2 aromatic rings. The van der Waals surface area contributed by atoms with Gasteiger partial charge in [-0.25, -0.2) is 4.79 Å². The van der Waals surface area contributed by atoms with Crippen molar-refractivity contribution in [1.29, 1.82) is 0 Å². The maximum absolute atomic E-state index is 12.7. The first-order valence-electron chi connectivity index (χ1n) is 5.24. The number of nitrogens with zero attached hydrogens (tertiary/aromatic N) is 1. The number of hydrogen-bond donors (Lipinski definition) is 1. The van der Waals surface area contributed by atoms with Crippen molar-refractivity contribution < 1.29 is 23.1 Å². The molecule has 1 aromatic heterocycles. The molecule has 0 saturated heterocycles. The lowest BCUT2D eigenvalue weighted by Crippen LogP contribution is -2.12. The molecule has 2 rings (SSSR count). The van der Waals surface area contributed by atoms with Crippen LogP contribution in [-0.2, 0) is 6.18 Å². The largest absolute Gasteiger partial charge is 0.478 e. The number of pyridine rings is 1. The van der Waals surface area contributed by atoms with Gasteiger partial charge in [0.05, 0.1) is 11.1 Å². The molecule has 3 nitrogen and oxygen atoms in total. The van der Waals surface area contributed by atoms with Crippen LogP contribution in [0.4, 0.5) is 13.2 Å². The summed E-state index contributed by atoms with van der Waals surface area (Å²) < 4.78 is 38.0. The van der Waals surface area contributed by atoms with Crippen LogP contribution in [0.25, 0.3) is 11.1 Å². The molecule has 0 atom stereocenters. The van der Waals surface area contributed by atoms with Crippen molar-refractivity contribution in [3.63, 3.8) is 0 Å². The van der Waals surface area contributed by atoms with E-state index in [1.807, 2.05) is 0 Å². The van der Waals surface area contributed by atoms with Gasteiger partial charge in [0, 0.05) is 12.4 Å². The molecule has 0 saturated carbocycles. The Hall–Kier alpha value is -2.37. The Morgan fingerprint density at radius 2 is 1.68 bits per heavy atom. The van der Waals surface area contributed by atoms with Crippen LogP contribution in [0.5, 0.6) is 0 Å². The van der Waals surface area contributed by atoms with E-state index in [0.29, 0.717) is 11.1 Å². The molecule has 98 valence electrons. The van der Waals surface area contributed by atoms with Crippen molar-refractivity contribution >= 4 is 5.97 Å². The zero-order chi connectivity index (χ0) is 14.0. The Morgan fingerprint density at radius 1 is 1.05 bits per heavy atom. The zero-order valence-electron chi connectivity index (χ0n) is 9.48. The Bertz CT molecular complexity index is 609. The van der Waals surface area contributed by atoms with Crippen molar-refractivity contribution in [2.24, 2.45) is 0 Å². The predicted molar refractivity (Wildman–Crippen MR) is 61.6 cm³/mol. The molecular weight excluding hydrogens is 259 g/mol. The van der Waals surface area contributed by atoms with Gasteiger partial charge in [-0.2, -0.15) is 13.2 Å². The molecule has 0 unspecified atom stereocenters. The summed E-state index contributed by atoms with van der Waals surface area (Å²) in [7, 11) is 0. The van der Waals surface area contributed by atoms with E-state index >= 15 is 0 Å². The van der Waals surface area contributed by atoms with Crippen molar-refractivity contribution in [1.82, 2.24) is 4.98 Å². The highest BCUT2D eigenvalue weighted by molar-refractivity contribution is 5.91. The van der Waals surface area contributed by atoms with Crippen LogP contribution < -0.4 is 0 Å². The molecule has 6 heteroatoms. The number of aromatic nitrogens is 1. The average molecular weight is 267 g/mol. The van der Waals surface area contributed by atoms with E-state index < -0.39 is 23.3 Å². The SMILES string of the molecule is O=C(O)c1cc(-c2ccncc2)ccc1C(F)(F)F. The number of halogens is 3. The summed E-state index contributed by atoms with van der Waals surface area (Å²) in [5.41, 5.74) is -0.918. The molecule has 19 heavy (non-hydrogen) atoms. The number of benzene rings is 1. The lowest BCUT2D eigenvalue weighted by atomic mass is 9.99. The first-order chi connectivity index (χ1) is 8.89. The second kappa shape index (κ2) is 4.72. The monoisotopic (exact) mass is 267 g/mol. The predicted octanol–water partition coefficient (Wildman–Crippen LogP) is 3.47. The van der Waals surface area contributed by atoms with Gasteiger partial charge in [0.2, 0.25) is 0 Å². The molecule has 0 bridgehead atoms. The summed E-state index contributed by atoms with van der Waals surface area (Å²) in [6.45, 7) is 0. The summed E-state index contributed by atoms with van der Waals surface area (Å²) in [4.78, 5) is 14.7. The van der Waals surface area contributed by atoms with Crippen molar-refractivity contribution in [2.45, 2.75) is 6.18 Å². The van der Waals surface area contributed by atoms with E-state index in [2.05, 4.69) is 4.98 Å². The smallest absolute Gasteiger partial charge is 0.417 e. The van der Waals surface area contributed by atoms with Gasteiger partial charge in [-0.1, -0.05) is 6.07 Å². The lowest BCUT2D eigenvalue weighted by molar-refractivity contribution is -0.138. The topological polar surface area (TPSA) is 50.2 Å². The van der Waals surface area contributed by atoms with Crippen molar-refractivity contribution in [3.05, 3.63) is 53.9 Å². The summed E-state index contributed by atoms with van der Waals surface area (Å²) >= 11 is 0. The van der Waals surface area contributed by atoms with Crippen LogP contribution >= 0.6 is 0 Å². The molecule has 0 amide bonds. The molecule has 0 aliphatic carbocycles. The normalized spacial score (nSPS) is 11.3. The second-order valence-corrected chi connectivity index (χ2v) is 3.80. The fourth-order valence-corrected chi connectivity index (χ4v) is 1.69. The van der Waals surface area contributed by atoms with Crippen LogP contribution in [0, 0.1) is 0 Å². The standard InChI is InChI=1S/C13H8F3NO2/c14-13(15,16)11-2-1-9(7-10(11)12(18)19)8-3-5-17-6-4-8/h1-7H,(H,18,19). The molecule has 1 heterocycles. The third-order valence-corrected chi connectivity index (χ3v) is 2.57. The molecule has 0 spiro atoms. The Labute approximate surface area is 106 Å². The Balaban J connectivity index is 2.58. The van der Waals surface area contributed by atoms with Crippen LogP contribution in [0.1, 0.15) is 15.9 Å². The quantitative estimate of drug-likeness (QED) is 0.906. The highest BCUT2D eigenvalue weighted by Crippen LogP contribution is 2.34. The van der Waals surface area contributed by atoms with Gasteiger partial charge in [-0.3, -0.25) is 4.98 Å². The number of rotatable bonds is 2. The summed E-state index contributed by atoms with van der Waals surface area (Å²) in [6.07, 6.45) is -1.73.